The summed E-state index contributed by atoms with van der Waals surface area (Å²) in [6, 6.07) is 11.7. The molecular weight excluding hydrogens is 869 g/mol. The predicted octanol–water partition coefficient (Wildman–Crippen LogP) is 2.15. The van der Waals surface area contributed by atoms with Crippen LogP contribution in [0.15, 0.2) is 72.0 Å². The molecule has 20 heteroatoms. The summed E-state index contributed by atoms with van der Waals surface area (Å²) in [5, 5.41) is 17.3. The maximum Gasteiger partial charge on any atom is 0.326 e. The molecule has 1 fully saturated rings. The van der Waals surface area contributed by atoms with E-state index in [0.717, 1.165) is 0 Å². The molecule has 3 unspecified atom stereocenters. The highest BCUT2D eigenvalue weighted by Gasteiger charge is 2.53. The van der Waals surface area contributed by atoms with Crippen LogP contribution in [-0.4, -0.2) is 147 Å². The molecule has 4 N–H and O–H groups in total. The van der Waals surface area contributed by atoms with E-state index in [1.807, 2.05) is 6.92 Å². The third kappa shape index (κ3) is 13.8. The summed E-state index contributed by atoms with van der Waals surface area (Å²) >= 11 is 1.34. The molecule has 5 rings (SSSR count). The smallest absolute Gasteiger partial charge is 0.326 e. The summed E-state index contributed by atoms with van der Waals surface area (Å²) in [5.41, 5.74) is 2.09. The normalized spacial score (nSPS) is 18.3. The number of carbonyl (C=O) groups excluding carboxylic acids is 4. The Kier molecular flexibility index (Phi) is 19.0. The molecule has 18 nitrogen and oxygen atoms in total. The fraction of sp³-hybridized carbons (Fsp3) is 0.523. The highest BCUT2D eigenvalue weighted by Crippen LogP contribution is 2.47. The van der Waals surface area contributed by atoms with Gasteiger partial charge >= 0.3 is 5.97 Å². The Morgan fingerprint density at radius 1 is 0.891 bits per heavy atom. The maximum absolute atomic E-state index is 13.9. The van der Waals surface area contributed by atoms with Gasteiger partial charge in [-0.1, -0.05) is 24.3 Å². The number of hydrogen-bond donors (Lipinski definition) is 4. The first-order valence-electron chi connectivity index (χ1n) is 21.2. The molecule has 1 aromatic carbocycles. The SMILES string of the molecule is CCOCCOCCCNC(=O)CCOCCOCCNC(=O)CN1C(=O)C(c2ccc(C[C@H](NC(=O)C3C(S(=O)(=O)c4cccnc4)CSC3(C)C)C(=O)O)cc2)c2ncccc21. The van der Waals surface area contributed by atoms with Crippen molar-refractivity contribution in [2.75, 3.05) is 83.1 Å². The van der Waals surface area contributed by atoms with Crippen molar-refractivity contribution in [1.29, 1.82) is 0 Å². The molecule has 1 saturated heterocycles. The molecule has 4 atom stereocenters. The van der Waals surface area contributed by atoms with Gasteiger partial charge < -0.3 is 44.9 Å². The Hall–Kier alpha value is -4.99. The number of rotatable bonds is 27. The number of nitrogens with zero attached hydrogens (tertiary/aromatic N) is 3. The Morgan fingerprint density at radius 2 is 1.58 bits per heavy atom. The number of anilines is 1. The van der Waals surface area contributed by atoms with Gasteiger partial charge in [-0.3, -0.25) is 29.1 Å². The molecule has 0 spiro atoms. The number of pyridine rings is 2. The molecule has 348 valence electrons. The molecule has 0 aliphatic carbocycles. The lowest BCUT2D eigenvalue weighted by Crippen LogP contribution is -2.51. The van der Waals surface area contributed by atoms with Crippen molar-refractivity contribution in [3.05, 3.63) is 83.9 Å². The van der Waals surface area contributed by atoms with Gasteiger partial charge in [0.2, 0.25) is 23.6 Å². The first-order chi connectivity index (χ1) is 30.7. The lowest BCUT2D eigenvalue weighted by Gasteiger charge is -2.29. The van der Waals surface area contributed by atoms with Gasteiger partial charge in [0, 0.05) is 68.2 Å². The molecular formula is C44H58N6O12S2. The third-order valence-corrected chi connectivity index (χ3v) is 14.6. The number of carbonyl (C=O) groups is 5. The number of benzene rings is 1. The van der Waals surface area contributed by atoms with Gasteiger partial charge in [0.15, 0.2) is 9.84 Å². The molecule has 0 bridgehead atoms. The van der Waals surface area contributed by atoms with E-state index in [9.17, 15) is 37.5 Å². The average Bonchev–Trinajstić information content (AvgIpc) is 3.76. The molecule has 2 aliphatic heterocycles. The average molecular weight is 927 g/mol. The standard InChI is InChI=1S/C44H58N6O12S2/c1-4-59-22-23-60-19-7-17-46-36(51)14-20-61-24-25-62-21-18-47-37(52)28-50-34-9-6-16-48-40(34)38(42(50)54)31-12-10-30(11-13-31)26-33(43(55)56)49-41(53)39-35(29-63-44(39,2)3)64(57,58)32-8-5-15-45-27-32/h5-6,8-13,15-16,27,33,35,38-39H,4,7,14,17-26,28-29H2,1-3H3,(H,46,51)(H,47,52)(H,49,53)(H,55,56)/t33-,35?,38?,39?/m0/s1. The van der Waals surface area contributed by atoms with Crippen molar-refractivity contribution in [3.63, 3.8) is 0 Å². The van der Waals surface area contributed by atoms with Gasteiger partial charge in [-0.15, -0.1) is 0 Å². The van der Waals surface area contributed by atoms with Crippen molar-refractivity contribution < 1.29 is 56.4 Å². The largest absolute Gasteiger partial charge is 0.480 e. The Labute approximate surface area is 377 Å². The van der Waals surface area contributed by atoms with Crippen LogP contribution < -0.4 is 20.9 Å². The van der Waals surface area contributed by atoms with Gasteiger partial charge in [-0.25, -0.2) is 13.2 Å². The third-order valence-electron chi connectivity index (χ3n) is 10.7. The van der Waals surface area contributed by atoms with Crippen molar-refractivity contribution in [1.82, 2.24) is 25.9 Å². The zero-order chi connectivity index (χ0) is 46.1. The minimum absolute atomic E-state index is 0.00432. The monoisotopic (exact) mass is 926 g/mol. The van der Waals surface area contributed by atoms with Crippen LogP contribution in [-0.2, 0) is 59.2 Å². The summed E-state index contributed by atoms with van der Waals surface area (Å²) in [5.74, 6) is -4.52. The first kappa shape index (κ1) is 50.0. The van der Waals surface area contributed by atoms with Crippen molar-refractivity contribution in [2.45, 2.75) is 66.9 Å². The van der Waals surface area contributed by atoms with E-state index < -0.39 is 55.5 Å². The second kappa shape index (κ2) is 24.3. The van der Waals surface area contributed by atoms with Crippen molar-refractivity contribution >= 4 is 56.9 Å². The molecule has 0 radical (unpaired) electrons. The van der Waals surface area contributed by atoms with Crippen LogP contribution in [0.5, 0.6) is 0 Å². The van der Waals surface area contributed by atoms with Gasteiger partial charge in [0.25, 0.3) is 0 Å². The fourth-order valence-electron chi connectivity index (χ4n) is 7.44. The zero-order valence-corrected chi connectivity index (χ0v) is 38.0. The second-order valence-electron chi connectivity index (χ2n) is 15.6. The lowest BCUT2D eigenvalue weighted by molar-refractivity contribution is -0.142. The summed E-state index contributed by atoms with van der Waals surface area (Å²) in [6.45, 7) is 9.23. The number of thioether (sulfide) groups is 1. The number of nitrogens with one attached hydrogen (secondary N) is 3. The number of carboxylic acids is 1. The van der Waals surface area contributed by atoms with E-state index in [2.05, 4.69) is 25.9 Å². The van der Waals surface area contributed by atoms with E-state index in [-0.39, 0.29) is 74.8 Å². The summed E-state index contributed by atoms with van der Waals surface area (Å²) < 4.78 is 48.0. The fourth-order valence-corrected chi connectivity index (χ4v) is 11.3. The molecule has 2 aromatic heterocycles. The van der Waals surface area contributed by atoms with Crippen LogP contribution in [0.2, 0.25) is 0 Å². The van der Waals surface area contributed by atoms with E-state index in [1.54, 1.807) is 56.4 Å². The van der Waals surface area contributed by atoms with E-state index in [1.165, 1.54) is 41.2 Å². The number of amides is 4. The summed E-state index contributed by atoms with van der Waals surface area (Å²) in [7, 11) is -3.96. The number of aromatic nitrogens is 2. The zero-order valence-electron chi connectivity index (χ0n) is 36.4. The molecule has 3 aromatic rings. The van der Waals surface area contributed by atoms with Crippen LogP contribution in [0, 0.1) is 5.92 Å². The Balaban J connectivity index is 1.06. The maximum atomic E-state index is 13.9. The van der Waals surface area contributed by atoms with Crippen molar-refractivity contribution in [3.8, 4) is 0 Å². The van der Waals surface area contributed by atoms with E-state index in [0.29, 0.717) is 61.9 Å². The summed E-state index contributed by atoms with van der Waals surface area (Å²) in [4.78, 5) is 74.8. The van der Waals surface area contributed by atoms with Gasteiger partial charge in [-0.2, -0.15) is 11.8 Å². The number of fused-ring (bicyclic) bond motifs is 1. The minimum Gasteiger partial charge on any atom is -0.480 e. The second-order valence-corrected chi connectivity index (χ2v) is 19.5. The van der Waals surface area contributed by atoms with E-state index >= 15 is 0 Å². The minimum atomic E-state index is -3.96. The first-order valence-corrected chi connectivity index (χ1v) is 23.8. The molecule has 64 heavy (non-hydrogen) atoms. The lowest BCUT2D eigenvalue weighted by atomic mass is 9.90. The van der Waals surface area contributed by atoms with Gasteiger partial charge in [-0.05, 0) is 62.6 Å². The van der Waals surface area contributed by atoms with Gasteiger partial charge in [0.05, 0.1) is 67.1 Å². The number of ether oxygens (including phenoxy) is 4. The van der Waals surface area contributed by atoms with Crippen molar-refractivity contribution in [2.24, 2.45) is 5.92 Å². The van der Waals surface area contributed by atoms with Gasteiger partial charge in [0.1, 0.15) is 18.5 Å². The summed E-state index contributed by atoms with van der Waals surface area (Å²) in [6.07, 6.45) is 5.09. The molecule has 4 heterocycles. The number of aliphatic carboxylic acids is 1. The molecule has 2 aliphatic rings. The highest BCUT2D eigenvalue weighted by molar-refractivity contribution is 8.02. The van der Waals surface area contributed by atoms with Crippen LogP contribution in [0.25, 0.3) is 0 Å². The Bertz CT molecular complexity index is 2150. The quantitative estimate of drug-likeness (QED) is 0.0802. The highest BCUT2D eigenvalue weighted by atomic mass is 32.2. The molecule has 0 saturated carbocycles. The van der Waals surface area contributed by atoms with Crippen LogP contribution in [0.4, 0.5) is 5.69 Å². The Morgan fingerprint density at radius 3 is 2.28 bits per heavy atom. The number of hydrogen-bond acceptors (Lipinski definition) is 14. The molecule has 4 amide bonds. The number of carboxylic acid groups (broad SMARTS) is 1. The number of sulfone groups is 1. The van der Waals surface area contributed by atoms with Crippen LogP contribution in [0.1, 0.15) is 56.4 Å². The topological polar surface area (TPSA) is 242 Å². The van der Waals surface area contributed by atoms with Crippen LogP contribution >= 0.6 is 11.8 Å². The van der Waals surface area contributed by atoms with E-state index in [4.69, 9.17) is 18.9 Å². The predicted molar refractivity (Wildman–Crippen MR) is 238 cm³/mol. The van der Waals surface area contributed by atoms with Crippen LogP contribution in [0.3, 0.4) is 0 Å².